The van der Waals surface area contributed by atoms with Crippen LogP contribution in [0.25, 0.3) is 11.0 Å². The molecule has 1 aromatic heterocycles. The lowest BCUT2D eigenvalue weighted by molar-refractivity contribution is -0.144. The van der Waals surface area contributed by atoms with Gasteiger partial charge in [-0.15, -0.1) is 0 Å². The zero-order valence-corrected chi connectivity index (χ0v) is 20.6. The van der Waals surface area contributed by atoms with E-state index in [2.05, 4.69) is 9.72 Å². The molecule has 9 nitrogen and oxygen atoms in total. The van der Waals surface area contributed by atoms with Crippen molar-refractivity contribution in [2.45, 2.75) is 38.2 Å². The molecule has 0 radical (unpaired) electrons. The summed E-state index contributed by atoms with van der Waals surface area (Å²) in [4.78, 5) is 28.5. The smallest absolute Gasteiger partial charge is 0.337 e. The minimum Gasteiger partial charge on any atom is -0.465 e. The van der Waals surface area contributed by atoms with Crippen molar-refractivity contribution in [3.8, 4) is 0 Å². The third-order valence-corrected chi connectivity index (χ3v) is 7.66. The van der Waals surface area contributed by atoms with E-state index < -0.39 is 16.0 Å². The number of esters is 2. The summed E-state index contributed by atoms with van der Waals surface area (Å²) in [5.74, 6) is -0.149. The number of hydrogen-bond donors (Lipinski definition) is 0. The molecule has 0 spiro atoms. The van der Waals surface area contributed by atoms with E-state index in [0.29, 0.717) is 36.4 Å². The minimum atomic E-state index is -3.58. The predicted octanol–water partition coefficient (Wildman–Crippen LogP) is 3.07. The first kappa shape index (κ1) is 25.4. The lowest BCUT2D eigenvalue weighted by Gasteiger charge is -2.18. The average Bonchev–Trinajstić information content (AvgIpc) is 3.16. The number of rotatable bonds is 10. The third kappa shape index (κ3) is 5.45. The maximum Gasteiger partial charge on any atom is 0.337 e. The van der Waals surface area contributed by atoms with Crippen LogP contribution >= 0.6 is 0 Å². The molecule has 0 bridgehead atoms. The van der Waals surface area contributed by atoms with Crippen LogP contribution in [-0.4, -0.2) is 54.4 Å². The van der Waals surface area contributed by atoms with Crippen molar-refractivity contribution < 1.29 is 27.5 Å². The zero-order chi connectivity index (χ0) is 24.9. The quantitative estimate of drug-likeness (QED) is 0.405. The van der Waals surface area contributed by atoms with Crippen LogP contribution < -0.4 is 0 Å². The Kier molecular flexibility index (Phi) is 8.06. The molecule has 1 heterocycles. The second kappa shape index (κ2) is 10.8. The second-order valence-corrected chi connectivity index (χ2v) is 9.61. The molecule has 0 N–H and O–H groups in total. The van der Waals surface area contributed by atoms with Crippen LogP contribution in [-0.2, 0) is 44.4 Å². The Hall–Kier alpha value is -3.24. The highest BCUT2D eigenvalue weighted by Gasteiger charge is 2.23. The van der Waals surface area contributed by atoms with Gasteiger partial charge >= 0.3 is 11.9 Å². The van der Waals surface area contributed by atoms with Gasteiger partial charge in [-0.2, -0.15) is 4.31 Å². The molecule has 3 aromatic rings. The third-order valence-electron chi connectivity index (χ3n) is 5.62. The Labute approximate surface area is 199 Å². The number of hydrogen-bond acceptors (Lipinski definition) is 7. The summed E-state index contributed by atoms with van der Waals surface area (Å²) in [5.41, 5.74) is 2.52. The van der Waals surface area contributed by atoms with Gasteiger partial charge in [-0.25, -0.2) is 18.2 Å². The summed E-state index contributed by atoms with van der Waals surface area (Å²) in [7, 11) is -0.435. The van der Waals surface area contributed by atoms with E-state index in [0.717, 1.165) is 11.1 Å². The summed E-state index contributed by atoms with van der Waals surface area (Å²) in [6.07, 6.45) is 0.478. The number of fused-ring (bicyclic) bond motifs is 1. The second-order valence-electron chi connectivity index (χ2n) is 7.68. The van der Waals surface area contributed by atoms with Crippen LogP contribution in [0, 0.1) is 0 Å². The molecule has 0 atom stereocenters. The van der Waals surface area contributed by atoms with Crippen LogP contribution in [0.1, 0.15) is 42.0 Å². The molecule has 10 heteroatoms. The number of carbonyl (C=O) groups excluding carboxylic acids is 2. The summed E-state index contributed by atoms with van der Waals surface area (Å²) in [6.45, 7) is 4.48. The van der Waals surface area contributed by atoms with E-state index >= 15 is 0 Å². The van der Waals surface area contributed by atoms with Crippen LogP contribution in [0.15, 0.2) is 47.4 Å². The molecule has 0 unspecified atom stereocenters. The molecule has 0 amide bonds. The van der Waals surface area contributed by atoms with Crippen LogP contribution in [0.5, 0.6) is 0 Å². The number of carbonyl (C=O) groups is 2. The molecule has 0 aliphatic rings. The molecule has 0 aliphatic heterocycles. The number of imidazole rings is 1. The fourth-order valence-corrected chi connectivity index (χ4v) is 5.11. The predicted molar refractivity (Wildman–Crippen MR) is 127 cm³/mol. The van der Waals surface area contributed by atoms with Gasteiger partial charge in [-0.3, -0.25) is 4.79 Å². The number of sulfonamides is 1. The summed E-state index contributed by atoms with van der Waals surface area (Å²) < 4.78 is 38.9. The Bertz CT molecular complexity index is 1280. The van der Waals surface area contributed by atoms with E-state index in [9.17, 15) is 18.0 Å². The minimum absolute atomic E-state index is 0.0927. The Morgan fingerprint density at radius 3 is 2.35 bits per heavy atom. The van der Waals surface area contributed by atoms with Gasteiger partial charge in [-0.05, 0) is 35.9 Å². The first-order chi connectivity index (χ1) is 16.2. The average molecular weight is 488 g/mol. The van der Waals surface area contributed by atoms with Gasteiger partial charge in [0.05, 0.1) is 35.0 Å². The number of aromatic nitrogens is 2. The maximum absolute atomic E-state index is 12.8. The van der Waals surface area contributed by atoms with Crippen molar-refractivity contribution in [1.29, 1.82) is 0 Å². The van der Waals surface area contributed by atoms with E-state index in [1.165, 1.54) is 11.4 Å². The van der Waals surface area contributed by atoms with Gasteiger partial charge in [0.25, 0.3) is 0 Å². The van der Waals surface area contributed by atoms with E-state index in [4.69, 9.17) is 4.74 Å². The lowest BCUT2D eigenvalue weighted by Crippen LogP contribution is -2.30. The SMILES string of the molecule is CCN(CC)S(=O)(=O)c1ccc2c(c1)nc(CCC(=O)OCc1ccc(C(=O)OC)cc1)n2C. The van der Waals surface area contributed by atoms with Gasteiger partial charge in [0, 0.05) is 26.6 Å². The Morgan fingerprint density at radius 2 is 1.74 bits per heavy atom. The van der Waals surface area contributed by atoms with E-state index in [1.54, 1.807) is 56.3 Å². The highest BCUT2D eigenvalue weighted by atomic mass is 32.2. The fourth-order valence-electron chi connectivity index (χ4n) is 3.63. The van der Waals surface area contributed by atoms with Crippen molar-refractivity contribution in [3.05, 3.63) is 59.4 Å². The molecule has 0 fully saturated rings. The fraction of sp³-hybridized carbons (Fsp3) is 0.375. The van der Waals surface area contributed by atoms with Crippen molar-refractivity contribution in [2.75, 3.05) is 20.2 Å². The summed E-state index contributed by atoms with van der Waals surface area (Å²) in [5, 5.41) is 0. The highest BCUT2D eigenvalue weighted by molar-refractivity contribution is 7.89. The molecular formula is C24H29N3O6S. The summed E-state index contributed by atoms with van der Waals surface area (Å²) >= 11 is 0. The number of nitrogens with zero attached hydrogens (tertiary/aromatic N) is 3. The topological polar surface area (TPSA) is 108 Å². The van der Waals surface area contributed by atoms with Gasteiger partial charge in [0.15, 0.2) is 0 Å². The van der Waals surface area contributed by atoms with Crippen LogP contribution in [0.4, 0.5) is 0 Å². The Balaban J connectivity index is 1.64. The Morgan fingerprint density at radius 1 is 1.06 bits per heavy atom. The molecular weight excluding hydrogens is 458 g/mol. The number of benzene rings is 2. The van der Waals surface area contributed by atoms with E-state index in [1.807, 2.05) is 11.6 Å². The number of ether oxygens (including phenoxy) is 2. The van der Waals surface area contributed by atoms with Crippen molar-refractivity contribution in [1.82, 2.24) is 13.9 Å². The van der Waals surface area contributed by atoms with Gasteiger partial charge in [0.2, 0.25) is 10.0 Å². The molecule has 34 heavy (non-hydrogen) atoms. The largest absolute Gasteiger partial charge is 0.465 e. The van der Waals surface area contributed by atoms with Crippen molar-refractivity contribution >= 4 is 33.0 Å². The first-order valence-electron chi connectivity index (χ1n) is 11.0. The molecule has 182 valence electrons. The van der Waals surface area contributed by atoms with Crippen LogP contribution in [0.2, 0.25) is 0 Å². The summed E-state index contributed by atoms with van der Waals surface area (Å²) in [6, 6.07) is 11.5. The monoisotopic (exact) mass is 487 g/mol. The van der Waals surface area contributed by atoms with Gasteiger partial charge in [0.1, 0.15) is 12.4 Å². The maximum atomic E-state index is 12.8. The van der Waals surface area contributed by atoms with Crippen molar-refractivity contribution in [2.24, 2.45) is 7.05 Å². The molecule has 0 saturated carbocycles. The molecule has 2 aromatic carbocycles. The number of methoxy groups -OCH3 is 1. The van der Waals surface area contributed by atoms with Crippen molar-refractivity contribution in [3.63, 3.8) is 0 Å². The normalized spacial score (nSPS) is 11.7. The zero-order valence-electron chi connectivity index (χ0n) is 19.8. The number of aryl methyl sites for hydroxylation is 2. The van der Waals surface area contributed by atoms with Gasteiger partial charge in [-0.1, -0.05) is 26.0 Å². The molecule has 0 saturated heterocycles. The first-order valence-corrected chi connectivity index (χ1v) is 12.4. The molecule has 3 rings (SSSR count). The highest BCUT2D eigenvalue weighted by Crippen LogP contribution is 2.23. The van der Waals surface area contributed by atoms with Gasteiger partial charge < -0.3 is 14.0 Å². The van der Waals surface area contributed by atoms with Crippen LogP contribution in [0.3, 0.4) is 0 Å². The standard InChI is InChI=1S/C24H29N3O6S/c1-5-27(6-2)34(30,31)19-11-12-21-20(15-19)25-22(26(21)3)13-14-23(28)33-16-17-7-9-18(10-8-17)24(29)32-4/h7-12,15H,5-6,13-14,16H2,1-4H3. The van der Waals surface area contributed by atoms with E-state index in [-0.39, 0.29) is 23.9 Å². The lowest BCUT2D eigenvalue weighted by atomic mass is 10.1. The molecule has 0 aliphatic carbocycles.